The Bertz CT molecular complexity index is 1060. The summed E-state index contributed by atoms with van der Waals surface area (Å²) in [6, 6.07) is 12.0. The lowest BCUT2D eigenvalue weighted by Crippen LogP contribution is -2.53. The largest absolute Gasteiger partial charge is 0.333 e. The first-order valence-electron chi connectivity index (χ1n) is 9.50. The Morgan fingerprint density at radius 2 is 1.97 bits per heavy atom. The minimum Gasteiger partial charge on any atom is -0.333 e. The minimum atomic E-state index is -0.447. The van der Waals surface area contributed by atoms with Crippen LogP contribution in [-0.2, 0) is 6.54 Å². The van der Waals surface area contributed by atoms with Crippen molar-refractivity contribution in [3.8, 4) is 0 Å². The van der Waals surface area contributed by atoms with E-state index >= 15 is 0 Å². The second kappa shape index (κ2) is 7.92. The summed E-state index contributed by atoms with van der Waals surface area (Å²) in [7, 11) is 0. The average Bonchev–Trinajstić information content (AvgIpc) is 2.73. The fourth-order valence-electron chi connectivity index (χ4n) is 3.84. The number of hydrogen-bond acceptors (Lipinski definition) is 6. The first kappa shape index (κ1) is 18.9. The third-order valence-corrected chi connectivity index (χ3v) is 5.26. The lowest BCUT2D eigenvalue weighted by molar-refractivity contribution is -0.383. The highest BCUT2D eigenvalue weighted by Crippen LogP contribution is 2.28. The Morgan fingerprint density at radius 1 is 1.14 bits per heavy atom. The summed E-state index contributed by atoms with van der Waals surface area (Å²) in [5, 5.41) is 11.7. The standard InChI is InChI=1S/C21H21N5O3/c1-15-13-24(14-16-5-2-3-9-22-16)11-12-25(15)21(27)18-7-8-19(26(28)29)17-6-4-10-23-20(17)18/h2-10,15H,11-14H2,1H3. The lowest BCUT2D eigenvalue weighted by atomic mass is 10.0. The van der Waals surface area contributed by atoms with Gasteiger partial charge in [-0.2, -0.15) is 0 Å². The normalized spacial score (nSPS) is 17.4. The third kappa shape index (κ3) is 3.79. The van der Waals surface area contributed by atoms with Crippen LogP contribution in [0.1, 0.15) is 23.0 Å². The van der Waals surface area contributed by atoms with Crippen molar-refractivity contribution in [2.24, 2.45) is 0 Å². The molecule has 3 aromatic rings. The van der Waals surface area contributed by atoms with E-state index in [-0.39, 0.29) is 17.6 Å². The topological polar surface area (TPSA) is 92.5 Å². The molecule has 1 atom stereocenters. The molecule has 2 aromatic heterocycles. The van der Waals surface area contributed by atoms with E-state index < -0.39 is 4.92 Å². The number of piperazine rings is 1. The van der Waals surface area contributed by atoms with E-state index in [2.05, 4.69) is 14.9 Å². The van der Waals surface area contributed by atoms with Crippen LogP contribution in [0.5, 0.6) is 0 Å². The zero-order chi connectivity index (χ0) is 20.4. The van der Waals surface area contributed by atoms with Crippen LogP contribution in [-0.4, -0.2) is 56.3 Å². The molecule has 0 aliphatic carbocycles. The summed E-state index contributed by atoms with van der Waals surface area (Å²) in [6.45, 7) is 4.82. The van der Waals surface area contributed by atoms with Gasteiger partial charge in [0, 0.05) is 50.7 Å². The molecule has 1 aliphatic heterocycles. The maximum atomic E-state index is 13.3. The number of benzene rings is 1. The molecule has 4 rings (SSSR count). The van der Waals surface area contributed by atoms with Crippen molar-refractivity contribution < 1.29 is 9.72 Å². The number of hydrogen-bond donors (Lipinski definition) is 0. The maximum absolute atomic E-state index is 13.3. The van der Waals surface area contributed by atoms with Crippen molar-refractivity contribution in [2.45, 2.75) is 19.5 Å². The Morgan fingerprint density at radius 3 is 2.69 bits per heavy atom. The summed E-state index contributed by atoms with van der Waals surface area (Å²) < 4.78 is 0. The highest BCUT2D eigenvalue weighted by molar-refractivity contribution is 6.07. The molecule has 1 aliphatic rings. The number of carbonyl (C=O) groups is 1. The number of rotatable bonds is 4. The van der Waals surface area contributed by atoms with Gasteiger partial charge in [0.25, 0.3) is 11.6 Å². The van der Waals surface area contributed by atoms with Crippen molar-refractivity contribution >= 4 is 22.5 Å². The van der Waals surface area contributed by atoms with Gasteiger partial charge in [0.05, 0.1) is 27.1 Å². The number of pyridine rings is 2. The number of nitro groups is 1. The molecule has 1 aromatic carbocycles. The van der Waals surface area contributed by atoms with Crippen LogP contribution in [0.25, 0.3) is 10.9 Å². The summed E-state index contributed by atoms with van der Waals surface area (Å²) in [5.74, 6) is -0.145. The van der Waals surface area contributed by atoms with Gasteiger partial charge < -0.3 is 4.90 Å². The minimum absolute atomic E-state index is 0.00826. The van der Waals surface area contributed by atoms with Gasteiger partial charge in [0.2, 0.25) is 0 Å². The fraction of sp³-hybridized carbons (Fsp3) is 0.286. The molecular formula is C21H21N5O3. The highest BCUT2D eigenvalue weighted by Gasteiger charge is 2.30. The summed E-state index contributed by atoms with van der Waals surface area (Å²) in [6.07, 6.45) is 3.34. The molecule has 0 bridgehead atoms. The highest BCUT2D eigenvalue weighted by atomic mass is 16.6. The molecule has 8 heteroatoms. The van der Waals surface area contributed by atoms with Crippen LogP contribution in [0, 0.1) is 10.1 Å². The molecule has 0 saturated carbocycles. The second-order valence-corrected chi connectivity index (χ2v) is 7.19. The van der Waals surface area contributed by atoms with Crippen LogP contribution in [0.4, 0.5) is 5.69 Å². The van der Waals surface area contributed by atoms with Crippen LogP contribution >= 0.6 is 0 Å². The molecule has 0 spiro atoms. The van der Waals surface area contributed by atoms with E-state index in [0.29, 0.717) is 23.0 Å². The number of fused-ring (bicyclic) bond motifs is 1. The SMILES string of the molecule is CC1CN(Cc2ccccn2)CCN1C(=O)c1ccc([N+](=O)[O-])c2cccnc12. The monoisotopic (exact) mass is 391 g/mol. The van der Waals surface area contributed by atoms with Crippen molar-refractivity contribution in [3.05, 3.63) is 76.2 Å². The molecule has 0 radical (unpaired) electrons. The molecule has 8 nitrogen and oxygen atoms in total. The molecule has 3 heterocycles. The Balaban J connectivity index is 1.55. The Hall–Kier alpha value is -3.39. The van der Waals surface area contributed by atoms with Gasteiger partial charge in [-0.15, -0.1) is 0 Å². The average molecular weight is 391 g/mol. The zero-order valence-corrected chi connectivity index (χ0v) is 16.1. The quantitative estimate of drug-likeness (QED) is 0.502. The van der Waals surface area contributed by atoms with E-state index in [9.17, 15) is 14.9 Å². The van der Waals surface area contributed by atoms with Crippen molar-refractivity contribution in [2.75, 3.05) is 19.6 Å². The molecule has 148 valence electrons. The van der Waals surface area contributed by atoms with Crippen molar-refractivity contribution in [3.63, 3.8) is 0 Å². The third-order valence-electron chi connectivity index (χ3n) is 5.26. The van der Waals surface area contributed by atoms with Crippen molar-refractivity contribution in [1.29, 1.82) is 0 Å². The predicted octanol–water partition coefficient (Wildman–Crippen LogP) is 2.88. The van der Waals surface area contributed by atoms with Crippen LogP contribution in [0.2, 0.25) is 0 Å². The molecule has 1 unspecified atom stereocenters. The van der Waals surface area contributed by atoms with Gasteiger partial charge >= 0.3 is 0 Å². The van der Waals surface area contributed by atoms with Gasteiger partial charge in [-0.05, 0) is 37.3 Å². The Labute approximate surface area is 167 Å². The summed E-state index contributed by atoms with van der Waals surface area (Å²) in [4.78, 5) is 36.9. The molecular weight excluding hydrogens is 370 g/mol. The maximum Gasteiger partial charge on any atom is 0.278 e. The van der Waals surface area contributed by atoms with Gasteiger partial charge in [-0.25, -0.2) is 0 Å². The second-order valence-electron chi connectivity index (χ2n) is 7.19. The number of non-ortho nitro benzene ring substituents is 1. The predicted molar refractivity (Wildman–Crippen MR) is 108 cm³/mol. The molecule has 1 fully saturated rings. The molecule has 1 saturated heterocycles. The first-order chi connectivity index (χ1) is 14.0. The fourth-order valence-corrected chi connectivity index (χ4v) is 3.84. The molecule has 1 amide bonds. The van der Waals surface area contributed by atoms with Gasteiger partial charge in [0.1, 0.15) is 0 Å². The van der Waals surface area contributed by atoms with Crippen LogP contribution in [0.3, 0.4) is 0 Å². The lowest BCUT2D eigenvalue weighted by Gasteiger charge is -2.39. The first-order valence-corrected chi connectivity index (χ1v) is 9.50. The van der Waals surface area contributed by atoms with E-state index in [1.165, 1.54) is 12.1 Å². The van der Waals surface area contributed by atoms with E-state index in [4.69, 9.17) is 0 Å². The molecule has 29 heavy (non-hydrogen) atoms. The number of nitrogens with zero attached hydrogens (tertiary/aromatic N) is 5. The van der Waals surface area contributed by atoms with E-state index in [1.54, 1.807) is 24.5 Å². The molecule has 0 N–H and O–H groups in total. The van der Waals surface area contributed by atoms with Gasteiger partial charge in [-0.1, -0.05) is 6.07 Å². The van der Waals surface area contributed by atoms with Crippen molar-refractivity contribution in [1.82, 2.24) is 19.8 Å². The zero-order valence-electron chi connectivity index (χ0n) is 16.1. The summed E-state index contributed by atoms with van der Waals surface area (Å²) >= 11 is 0. The van der Waals surface area contributed by atoms with E-state index in [1.807, 2.05) is 30.0 Å². The number of carbonyl (C=O) groups excluding carboxylic acids is 1. The number of aromatic nitrogens is 2. The van der Waals surface area contributed by atoms with Crippen LogP contribution < -0.4 is 0 Å². The smallest absolute Gasteiger partial charge is 0.278 e. The van der Waals surface area contributed by atoms with Crippen LogP contribution in [0.15, 0.2) is 54.9 Å². The number of amides is 1. The Kier molecular flexibility index (Phi) is 5.18. The summed E-state index contributed by atoms with van der Waals surface area (Å²) in [5.41, 5.74) is 1.73. The number of nitro benzene ring substituents is 1. The van der Waals surface area contributed by atoms with Gasteiger partial charge in [0.15, 0.2) is 0 Å². The van der Waals surface area contributed by atoms with Gasteiger partial charge in [-0.3, -0.25) is 29.8 Å². The van der Waals surface area contributed by atoms with E-state index in [0.717, 1.165) is 25.3 Å².